The van der Waals surface area contributed by atoms with Crippen LogP contribution in [0, 0.1) is 0 Å². The lowest BCUT2D eigenvalue weighted by Crippen LogP contribution is -2.07. The molecule has 0 saturated carbocycles. The van der Waals surface area contributed by atoms with E-state index in [0.717, 1.165) is 0 Å². The lowest BCUT2D eigenvalue weighted by molar-refractivity contribution is 0.108. The van der Waals surface area contributed by atoms with Crippen LogP contribution in [0.1, 0.15) is 12.6 Å². The van der Waals surface area contributed by atoms with Crippen LogP contribution in [0.4, 0.5) is 0 Å². The van der Waals surface area contributed by atoms with E-state index in [0.29, 0.717) is 31.4 Å². The van der Waals surface area contributed by atoms with E-state index in [2.05, 4.69) is 10.2 Å². The highest BCUT2D eigenvalue weighted by molar-refractivity contribution is 5.10. The summed E-state index contributed by atoms with van der Waals surface area (Å²) in [5, 5.41) is 16.2. The topological polar surface area (TPSA) is 64.5 Å². The first-order chi connectivity index (χ1) is 6.86. The maximum Gasteiger partial charge on any atom is 0.233 e. The maximum absolute atomic E-state index is 8.71. The summed E-state index contributed by atoms with van der Waals surface area (Å²) in [7, 11) is 0. The molecule has 5 heteroatoms. The van der Waals surface area contributed by atoms with Crippen LogP contribution in [-0.2, 0) is 11.3 Å². The molecule has 1 N–H and O–H groups in total. The van der Waals surface area contributed by atoms with Gasteiger partial charge in [-0.05, 0) is 13.0 Å². The van der Waals surface area contributed by atoms with Crippen molar-refractivity contribution in [1.82, 2.24) is 10.2 Å². The maximum atomic E-state index is 8.71. The van der Waals surface area contributed by atoms with E-state index in [1.54, 1.807) is 12.1 Å². The quantitative estimate of drug-likeness (QED) is 0.669. The Hall–Kier alpha value is -1.20. The first-order valence-electron chi connectivity index (χ1n) is 4.50. The van der Waals surface area contributed by atoms with E-state index in [-0.39, 0.29) is 6.61 Å². The number of nitrogens with zero attached hydrogens (tertiary/aromatic N) is 2. The van der Waals surface area contributed by atoms with Crippen LogP contribution in [0.2, 0.25) is 0 Å². The minimum atomic E-state index is -0.105. The molecule has 0 radical (unpaired) electrons. The van der Waals surface area contributed by atoms with E-state index in [1.165, 1.54) is 0 Å². The molecule has 5 nitrogen and oxygen atoms in total. The van der Waals surface area contributed by atoms with E-state index < -0.39 is 0 Å². The Balaban J connectivity index is 2.29. The Kier molecular flexibility index (Phi) is 4.88. The normalized spacial score (nSPS) is 10.1. The smallest absolute Gasteiger partial charge is 0.233 e. The van der Waals surface area contributed by atoms with Crippen LogP contribution >= 0.6 is 0 Å². The van der Waals surface area contributed by atoms with E-state index >= 15 is 0 Å². The van der Waals surface area contributed by atoms with Gasteiger partial charge in [-0.25, -0.2) is 0 Å². The molecular formula is C9H14N2O3. The average Bonchev–Trinajstić information content (AvgIpc) is 2.25. The van der Waals surface area contributed by atoms with Crippen LogP contribution in [0.25, 0.3) is 0 Å². The SMILES string of the molecule is CCOCCOc1ccc(CO)nn1. The predicted molar refractivity (Wildman–Crippen MR) is 49.9 cm³/mol. The van der Waals surface area contributed by atoms with Crippen molar-refractivity contribution in [1.29, 1.82) is 0 Å². The molecule has 0 aliphatic rings. The molecule has 0 aliphatic heterocycles. The second kappa shape index (κ2) is 6.28. The van der Waals surface area contributed by atoms with Crippen LogP contribution in [0.3, 0.4) is 0 Å². The first-order valence-corrected chi connectivity index (χ1v) is 4.50. The molecule has 0 bridgehead atoms. The van der Waals surface area contributed by atoms with Gasteiger partial charge in [-0.15, -0.1) is 10.2 Å². The molecule has 14 heavy (non-hydrogen) atoms. The summed E-state index contributed by atoms with van der Waals surface area (Å²) >= 11 is 0. The summed E-state index contributed by atoms with van der Waals surface area (Å²) in [4.78, 5) is 0. The second-order valence-electron chi connectivity index (χ2n) is 2.57. The number of aromatic nitrogens is 2. The molecular weight excluding hydrogens is 184 g/mol. The molecule has 78 valence electrons. The minimum Gasteiger partial charge on any atom is -0.474 e. The third-order valence-corrected chi connectivity index (χ3v) is 1.54. The van der Waals surface area contributed by atoms with Crippen molar-refractivity contribution in [2.24, 2.45) is 0 Å². The number of hydrogen-bond donors (Lipinski definition) is 1. The zero-order chi connectivity index (χ0) is 10.2. The van der Waals surface area contributed by atoms with Crippen molar-refractivity contribution in [3.63, 3.8) is 0 Å². The van der Waals surface area contributed by atoms with Crippen molar-refractivity contribution < 1.29 is 14.6 Å². The Morgan fingerprint density at radius 3 is 2.71 bits per heavy atom. The summed E-state index contributed by atoms with van der Waals surface area (Å²) < 4.78 is 10.3. The number of ether oxygens (including phenoxy) is 2. The summed E-state index contributed by atoms with van der Waals surface area (Å²) in [5.41, 5.74) is 0.530. The van der Waals surface area contributed by atoms with Crippen LogP contribution in [-0.4, -0.2) is 35.1 Å². The highest BCUT2D eigenvalue weighted by Gasteiger charge is 1.96. The van der Waals surface area contributed by atoms with Gasteiger partial charge in [-0.3, -0.25) is 0 Å². The fourth-order valence-corrected chi connectivity index (χ4v) is 0.858. The zero-order valence-electron chi connectivity index (χ0n) is 8.14. The van der Waals surface area contributed by atoms with Crippen LogP contribution in [0.15, 0.2) is 12.1 Å². The summed E-state index contributed by atoms with van der Waals surface area (Å²) in [6.45, 7) is 3.50. The van der Waals surface area contributed by atoms with Gasteiger partial charge in [0.05, 0.1) is 18.9 Å². The standard InChI is InChI=1S/C9H14N2O3/c1-2-13-5-6-14-9-4-3-8(7-12)10-11-9/h3-4,12H,2,5-7H2,1H3. The molecule has 0 atom stereocenters. The monoisotopic (exact) mass is 198 g/mol. The zero-order valence-corrected chi connectivity index (χ0v) is 8.14. The number of aliphatic hydroxyl groups is 1. The van der Waals surface area contributed by atoms with Crippen molar-refractivity contribution >= 4 is 0 Å². The molecule has 0 amide bonds. The molecule has 1 heterocycles. The van der Waals surface area contributed by atoms with Crippen molar-refractivity contribution in [2.45, 2.75) is 13.5 Å². The molecule has 0 spiro atoms. The predicted octanol–water partition coefficient (Wildman–Crippen LogP) is 0.384. The van der Waals surface area contributed by atoms with E-state index in [1.807, 2.05) is 6.92 Å². The summed E-state index contributed by atoms with van der Waals surface area (Å²) in [5.74, 6) is 0.446. The first kappa shape index (κ1) is 10.9. The highest BCUT2D eigenvalue weighted by atomic mass is 16.5. The van der Waals surface area contributed by atoms with Gasteiger partial charge in [-0.1, -0.05) is 0 Å². The molecule has 1 aromatic heterocycles. The minimum absolute atomic E-state index is 0.105. The molecule has 0 fully saturated rings. The lowest BCUT2D eigenvalue weighted by Gasteiger charge is -2.04. The molecule has 0 saturated heterocycles. The summed E-state index contributed by atoms with van der Waals surface area (Å²) in [6, 6.07) is 3.34. The van der Waals surface area contributed by atoms with Gasteiger partial charge in [0.25, 0.3) is 0 Å². The third kappa shape index (κ3) is 3.68. The molecule has 1 rings (SSSR count). The largest absolute Gasteiger partial charge is 0.474 e. The van der Waals surface area contributed by atoms with Crippen LogP contribution < -0.4 is 4.74 Å². The summed E-state index contributed by atoms with van der Waals surface area (Å²) in [6.07, 6.45) is 0. The Labute approximate surface area is 82.7 Å². The fourth-order valence-electron chi connectivity index (χ4n) is 0.858. The lowest BCUT2D eigenvalue weighted by atomic mass is 10.4. The van der Waals surface area contributed by atoms with E-state index in [4.69, 9.17) is 14.6 Å². The van der Waals surface area contributed by atoms with Gasteiger partial charge in [0.15, 0.2) is 0 Å². The fraction of sp³-hybridized carbons (Fsp3) is 0.556. The van der Waals surface area contributed by atoms with Gasteiger partial charge >= 0.3 is 0 Å². The molecule has 0 unspecified atom stereocenters. The van der Waals surface area contributed by atoms with E-state index in [9.17, 15) is 0 Å². The highest BCUT2D eigenvalue weighted by Crippen LogP contribution is 2.04. The number of rotatable bonds is 6. The number of hydrogen-bond acceptors (Lipinski definition) is 5. The number of aliphatic hydroxyl groups excluding tert-OH is 1. The van der Waals surface area contributed by atoms with Gasteiger partial charge in [0, 0.05) is 12.7 Å². The Bertz CT molecular complexity index is 251. The molecule has 0 aliphatic carbocycles. The van der Waals surface area contributed by atoms with Crippen molar-refractivity contribution in [3.8, 4) is 5.88 Å². The molecule has 1 aromatic rings. The van der Waals surface area contributed by atoms with Gasteiger partial charge in [0.2, 0.25) is 5.88 Å². The Morgan fingerprint density at radius 2 is 2.14 bits per heavy atom. The second-order valence-corrected chi connectivity index (χ2v) is 2.57. The van der Waals surface area contributed by atoms with Gasteiger partial charge < -0.3 is 14.6 Å². The van der Waals surface area contributed by atoms with Crippen molar-refractivity contribution in [2.75, 3.05) is 19.8 Å². The third-order valence-electron chi connectivity index (χ3n) is 1.54. The average molecular weight is 198 g/mol. The van der Waals surface area contributed by atoms with Gasteiger partial charge in [-0.2, -0.15) is 0 Å². The van der Waals surface area contributed by atoms with Crippen LogP contribution in [0.5, 0.6) is 5.88 Å². The van der Waals surface area contributed by atoms with Crippen molar-refractivity contribution in [3.05, 3.63) is 17.8 Å². The molecule has 0 aromatic carbocycles. The van der Waals surface area contributed by atoms with Gasteiger partial charge in [0.1, 0.15) is 6.61 Å². The Morgan fingerprint density at radius 1 is 1.29 bits per heavy atom.